The zero-order valence-corrected chi connectivity index (χ0v) is 33.6. The standard InChI is InChI=1S/C64H6O2/c1-2-66-62(65)61-63-57-49-41-31-21-13-5-3-4-7-11-9(5)17-25-19(11)29-23-15(7)16-8(4)12-10-6(3)14(13)22-28-18(10)26-20(12)30-24(16)34-33(23)43-37(29)47-39(25)45(35(41)27(17)21)53(57)55(47)59-51(43)52-44(34)38(30)48-40(26)46-36(28)42(32(22)31)50(49)58(63)54(46)56(48)60(52)64(59,61)63/h61H,2H2,1H3. The summed E-state index contributed by atoms with van der Waals surface area (Å²) in [6.45, 7) is 2.46. The molecule has 0 unspecified atom stereocenters. The number of hydrogen-bond acceptors (Lipinski definition) is 2. The van der Waals surface area contributed by atoms with Crippen molar-refractivity contribution in [2.24, 2.45) is 5.92 Å². The molecule has 2 heteroatoms. The molecule has 274 valence electrons. The van der Waals surface area contributed by atoms with E-state index in [9.17, 15) is 0 Å². The van der Waals surface area contributed by atoms with E-state index in [2.05, 4.69) is 0 Å². The summed E-state index contributed by atoms with van der Waals surface area (Å²) in [5.41, 5.74) is 5.30. The van der Waals surface area contributed by atoms with E-state index in [0.717, 1.165) is 0 Å². The van der Waals surface area contributed by atoms with Crippen molar-refractivity contribution < 1.29 is 9.53 Å². The Hall–Kier alpha value is -8.07. The highest BCUT2D eigenvalue weighted by Gasteiger charge is 2.89. The van der Waals surface area contributed by atoms with Gasteiger partial charge in [0.15, 0.2) is 0 Å². The summed E-state index contributed by atoms with van der Waals surface area (Å²) in [5.74, 6) is -0.231. The van der Waals surface area contributed by atoms with Crippen LogP contribution in [0.4, 0.5) is 0 Å². The molecule has 2 nitrogen and oxygen atoms in total. The molecule has 2 spiro atoms. The zero-order chi connectivity index (χ0) is 39.1. The van der Waals surface area contributed by atoms with Gasteiger partial charge in [0.1, 0.15) is 0 Å². The van der Waals surface area contributed by atoms with E-state index in [1.807, 2.05) is 6.92 Å². The van der Waals surface area contributed by atoms with Gasteiger partial charge in [-0.25, -0.2) is 0 Å². The average Bonchev–Trinajstić information content (AvgIpc) is 4.19. The maximum Gasteiger partial charge on any atom is 0.311 e. The Bertz CT molecular complexity index is 6510. The van der Waals surface area contributed by atoms with Crippen molar-refractivity contribution in [1.82, 2.24) is 0 Å². The summed E-state index contributed by atoms with van der Waals surface area (Å²) < 4.78 is 6.56. The van der Waals surface area contributed by atoms with Gasteiger partial charge in [0.2, 0.25) is 0 Å². The third-order valence-electron chi connectivity index (χ3n) is 24.8. The highest BCUT2D eigenvalue weighted by atomic mass is 16.5. The van der Waals surface area contributed by atoms with Gasteiger partial charge in [-0.05, 0) is 320 Å². The van der Waals surface area contributed by atoms with E-state index in [1.165, 1.54) is 0 Å². The van der Waals surface area contributed by atoms with Crippen molar-refractivity contribution in [1.29, 1.82) is 0 Å². The number of hydrogen-bond donors (Lipinski definition) is 0. The van der Waals surface area contributed by atoms with Crippen molar-refractivity contribution in [2.75, 3.05) is 6.61 Å². The van der Waals surface area contributed by atoms with Crippen LogP contribution in [0.3, 0.4) is 0 Å². The first-order valence-electron chi connectivity index (χ1n) is 24.8. The van der Waals surface area contributed by atoms with Gasteiger partial charge in [0.05, 0.1) is 23.4 Å². The van der Waals surface area contributed by atoms with E-state index in [-0.39, 0.29) is 11.9 Å². The van der Waals surface area contributed by atoms with E-state index >= 15 is 4.79 Å². The molecular formula is C64H6O2. The smallest absolute Gasteiger partial charge is 0.311 e. The van der Waals surface area contributed by atoms with Crippen LogP contribution in [0.15, 0.2) is 0 Å². The van der Waals surface area contributed by atoms with Gasteiger partial charge in [-0.2, -0.15) is 0 Å². The van der Waals surface area contributed by atoms with Gasteiger partial charge in [-0.15, -0.1) is 0 Å². The minimum absolute atomic E-state index is 0.0486. The number of carbonyl (C=O) groups is 1. The van der Waals surface area contributed by atoms with Crippen LogP contribution in [-0.2, 0) is 20.4 Å². The predicted octanol–water partition coefficient (Wildman–Crippen LogP) is 16.5. The van der Waals surface area contributed by atoms with Gasteiger partial charge in [-0.1, -0.05) is 0 Å². The predicted molar refractivity (Wildman–Crippen MR) is 274 cm³/mol. The maximum atomic E-state index is 15.9. The summed E-state index contributed by atoms with van der Waals surface area (Å²) in [5, 5.41) is 86.2. The average molecular weight is 807 g/mol. The molecule has 0 radical (unpaired) electrons. The lowest BCUT2D eigenvalue weighted by atomic mass is 9.68. The first kappa shape index (κ1) is 23.7. The molecule has 28 aromatic rings. The Morgan fingerprint density at radius 3 is 0.500 bits per heavy atom. The Morgan fingerprint density at radius 2 is 0.379 bits per heavy atom. The van der Waals surface area contributed by atoms with E-state index < -0.39 is 10.8 Å². The Balaban J connectivity index is 1.24. The van der Waals surface area contributed by atoms with Crippen LogP contribution >= 0.6 is 0 Å². The third-order valence-corrected chi connectivity index (χ3v) is 24.8. The third kappa shape index (κ3) is 1.16. The van der Waals surface area contributed by atoms with Gasteiger partial charge < -0.3 is 4.74 Å². The van der Waals surface area contributed by atoms with Crippen molar-refractivity contribution in [3.8, 4) is 0 Å². The summed E-state index contributed by atoms with van der Waals surface area (Å²) >= 11 is 0. The number of esters is 1. The molecule has 0 saturated heterocycles. The minimum Gasteiger partial charge on any atom is -0.466 e. The van der Waals surface area contributed by atoms with Gasteiger partial charge in [0.25, 0.3) is 0 Å². The summed E-state index contributed by atoms with van der Waals surface area (Å²) in [7, 11) is 0. The Morgan fingerprint density at radius 1 is 0.258 bits per heavy atom. The SMILES string of the molecule is CCOC(=O)C1C23c4c5c6c7c8c9c(c%10c%11c2c2c4c4c%12c5c5c6c6c8c8c%13c9c9c%10c%10c%11c%11c2c2c4c4c%12c%12c5c5c6c8c6c8c%13c9c9c%10c%10c%11c2c2c4c4c%12c5c6c5c8c9c%10c2c45)C713. The second-order valence-electron chi connectivity index (χ2n) is 24.6. The molecule has 0 aromatic heterocycles. The molecule has 0 amide bonds. The number of ether oxygens (including phenoxy) is 1. The number of benzene rings is 18. The van der Waals surface area contributed by atoms with Crippen LogP contribution in [0.25, 0.3) is 291 Å². The van der Waals surface area contributed by atoms with Crippen molar-refractivity contribution in [2.45, 2.75) is 17.8 Å². The van der Waals surface area contributed by atoms with Crippen LogP contribution in [0.1, 0.15) is 29.2 Å². The monoisotopic (exact) mass is 806 g/mol. The second-order valence-corrected chi connectivity index (χ2v) is 24.6. The fourth-order valence-electron chi connectivity index (χ4n) is 25.0. The molecule has 5 aliphatic carbocycles. The largest absolute Gasteiger partial charge is 0.466 e. The van der Waals surface area contributed by atoms with Crippen molar-refractivity contribution in [3.05, 3.63) is 22.3 Å². The number of carbonyl (C=O) groups excluding carboxylic acids is 1. The second kappa shape index (κ2) is 5.15. The van der Waals surface area contributed by atoms with E-state index in [0.29, 0.717) is 6.61 Å². The molecule has 0 heterocycles. The lowest BCUT2D eigenvalue weighted by Crippen LogP contribution is -2.27. The fraction of sp³-hybridized carbons (Fsp3) is 0.0781. The summed E-state index contributed by atoms with van der Waals surface area (Å²) in [4.78, 5) is 15.9. The highest BCUT2D eigenvalue weighted by molar-refractivity contribution is 6.82. The molecule has 66 heavy (non-hydrogen) atoms. The first-order chi connectivity index (χ1) is 32.8. The van der Waals surface area contributed by atoms with E-state index in [4.69, 9.17) is 4.74 Å². The molecule has 0 bridgehead atoms. The van der Waals surface area contributed by atoms with Crippen LogP contribution in [0.2, 0.25) is 0 Å². The highest BCUT2D eigenvalue weighted by Crippen LogP contribution is 2.92. The molecule has 0 atom stereocenters. The van der Waals surface area contributed by atoms with Gasteiger partial charge in [0, 0.05) is 0 Å². The molecule has 28 aromatic carbocycles. The molecule has 0 aliphatic heterocycles. The summed E-state index contributed by atoms with van der Waals surface area (Å²) in [6, 6.07) is 0. The van der Waals surface area contributed by atoms with Crippen molar-refractivity contribution in [3.63, 3.8) is 0 Å². The van der Waals surface area contributed by atoms with Gasteiger partial charge >= 0.3 is 5.97 Å². The van der Waals surface area contributed by atoms with Gasteiger partial charge in [-0.3, -0.25) is 4.79 Å². The Labute approximate surface area is 357 Å². The summed E-state index contributed by atoms with van der Waals surface area (Å²) in [6.07, 6.45) is 0. The molecule has 0 N–H and O–H groups in total. The quantitative estimate of drug-likeness (QED) is 0.128. The maximum absolute atomic E-state index is 15.9. The molecule has 1 fully saturated rings. The zero-order valence-electron chi connectivity index (χ0n) is 33.6. The van der Waals surface area contributed by atoms with Crippen molar-refractivity contribution >= 4 is 297 Å². The van der Waals surface area contributed by atoms with Crippen LogP contribution in [0.5, 0.6) is 0 Å². The molecule has 1 saturated carbocycles. The fourth-order valence-corrected chi connectivity index (χ4v) is 25.0. The Kier molecular flexibility index (Phi) is 1.85. The molecule has 33 rings (SSSR count). The minimum atomic E-state index is -0.482. The lowest BCUT2D eigenvalue weighted by molar-refractivity contribution is -0.145. The molecule has 5 aliphatic rings. The number of rotatable bonds is 2. The lowest BCUT2D eigenvalue weighted by Gasteiger charge is -2.32. The topological polar surface area (TPSA) is 26.3 Å². The van der Waals surface area contributed by atoms with Crippen LogP contribution in [-0.4, -0.2) is 12.6 Å². The normalized spacial score (nSPS) is 23.9. The first-order valence-corrected chi connectivity index (χ1v) is 24.8. The molecular weight excluding hydrogens is 801 g/mol. The van der Waals surface area contributed by atoms with Crippen LogP contribution in [0, 0.1) is 5.92 Å². The van der Waals surface area contributed by atoms with E-state index in [1.54, 1.807) is 313 Å². The van der Waals surface area contributed by atoms with Crippen LogP contribution < -0.4 is 0 Å².